The number of nitro groups is 1. The van der Waals surface area contributed by atoms with Crippen molar-refractivity contribution in [1.82, 2.24) is 0 Å². The van der Waals surface area contributed by atoms with Crippen LogP contribution in [-0.4, -0.2) is 11.5 Å². The fourth-order valence-electron chi connectivity index (χ4n) is 3.01. The first-order chi connectivity index (χ1) is 15.4. The molecule has 3 aromatic carbocycles. The number of non-ortho nitro benzene ring substituents is 1. The topological polar surface area (TPSA) is 85.4 Å². The fourth-order valence-corrected chi connectivity index (χ4v) is 3.45. The van der Waals surface area contributed by atoms with Gasteiger partial charge in [-0.15, -0.1) is 0 Å². The first-order valence-electron chi connectivity index (χ1n) is 9.92. The molecule has 32 heavy (non-hydrogen) atoms. The molecule has 0 unspecified atom stereocenters. The molecule has 0 aromatic heterocycles. The van der Waals surface area contributed by atoms with E-state index in [9.17, 15) is 15.4 Å². The van der Waals surface area contributed by atoms with E-state index < -0.39 is 4.92 Å². The van der Waals surface area contributed by atoms with Crippen molar-refractivity contribution >= 4 is 33.3 Å². The third-order valence-corrected chi connectivity index (χ3v) is 5.35. The second-order valence-corrected chi connectivity index (χ2v) is 7.86. The van der Waals surface area contributed by atoms with Gasteiger partial charge in [0.25, 0.3) is 5.69 Å². The first-order valence-corrected chi connectivity index (χ1v) is 10.7. The van der Waals surface area contributed by atoms with Crippen molar-refractivity contribution in [2.45, 2.75) is 20.5 Å². The zero-order valence-corrected chi connectivity index (χ0v) is 19.3. The molecule has 0 aliphatic rings. The summed E-state index contributed by atoms with van der Waals surface area (Å²) in [5.74, 6) is 1.12. The number of aryl methyl sites for hydroxylation is 1. The number of hydrogen-bond acceptors (Lipinski definition) is 5. The van der Waals surface area contributed by atoms with Gasteiger partial charge in [0, 0.05) is 16.6 Å². The molecule has 0 fully saturated rings. The number of nitro benzene ring substituents is 1. The molecule has 0 N–H and O–H groups in total. The van der Waals surface area contributed by atoms with E-state index in [4.69, 9.17) is 9.47 Å². The summed E-state index contributed by atoms with van der Waals surface area (Å²) in [6, 6.07) is 19.8. The number of halogens is 1. The van der Waals surface area contributed by atoms with Gasteiger partial charge in [-0.2, -0.15) is 5.26 Å². The van der Waals surface area contributed by atoms with Crippen LogP contribution in [0.2, 0.25) is 0 Å². The lowest BCUT2D eigenvalue weighted by molar-refractivity contribution is -0.384. The van der Waals surface area contributed by atoms with E-state index in [2.05, 4.69) is 22.0 Å². The molecule has 7 heteroatoms. The lowest BCUT2D eigenvalue weighted by Crippen LogP contribution is -2.00. The molecule has 0 bridgehead atoms. The molecule has 3 rings (SSSR count). The van der Waals surface area contributed by atoms with E-state index in [1.807, 2.05) is 38.1 Å². The Bertz CT molecular complexity index is 1200. The van der Waals surface area contributed by atoms with Gasteiger partial charge in [-0.05, 0) is 48.7 Å². The Balaban J connectivity index is 1.93. The first kappa shape index (κ1) is 23.0. The van der Waals surface area contributed by atoms with Gasteiger partial charge in [-0.3, -0.25) is 10.1 Å². The molecule has 0 saturated carbocycles. The Morgan fingerprint density at radius 2 is 1.84 bits per heavy atom. The number of hydrogen-bond donors (Lipinski definition) is 0. The van der Waals surface area contributed by atoms with E-state index in [0.29, 0.717) is 45.9 Å². The van der Waals surface area contributed by atoms with Crippen molar-refractivity contribution in [2.75, 3.05) is 6.61 Å². The fraction of sp³-hybridized carbons (Fsp3) is 0.160. The smallest absolute Gasteiger partial charge is 0.270 e. The summed E-state index contributed by atoms with van der Waals surface area (Å²) in [5, 5.41) is 20.7. The van der Waals surface area contributed by atoms with Crippen LogP contribution >= 0.6 is 15.9 Å². The van der Waals surface area contributed by atoms with Crippen LogP contribution in [0, 0.1) is 28.4 Å². The third-order valence-electron chi connectivity index (χ3n) is 4.67. The highest BCUT2D eigenvalue weighted by Gasteiger charge is 2.13. The van der Waals surface area contributed by atoms with Crippen molar-refractivity contribution in [3.63, 3.8) is 0 Å². The average molecular weight is 493 g/mol. The summed E-state index contributed by atoms with van der Waals surface area (Å²) in [6.07, 6.45) is 1.66. The summed E-state index contributed by atoms with van der Waals surface area (Å²) < 4.78 is 12.5. The summed E-state index contributed by atoms with van der Waals surface area (Å²) in [7, 11) is 0. The van der Waals surface area contributed by atoms with Crippen molar-refractivity contribution in [3.05, 3.63) is 97.5 Å². The van der Waals surface area contributed by atoms with Crippen molar-refractivity contribution in [3.8, 4) is 17.6 Å². The Labute approximate surface area is 195 Å². The van der Waals surface area contributed by atoms with Crippen LogP contribution in [0.25, 0.3) is 11.6 Å². The van der Waals surface area contributed by atoms with Gasteiger partial charge in [-0.25, -0.2) is 0 Å². The van der Waals surface area contributed by atoms with Crippen LogP contribution in [-0.2, 0) is 6.61 Å². The molecule has 3 aromatic rings. The van der Waals surface area contributed by atoms with Crippen LogP contribution < -0.4 is 9.47 Å². The maximum absolute atomic E-state index is 11.1. The largest absolute Gasteiger partial charge is 0.490 e. The number of allylic oxidation sites excluding steroid dienone is 1. The molecular weight excluding hydrogens is 472 g/mol. The Morgan fingerprint density at radius 3 is 2.50 bits per heavy atom. The van der Waals surface area contributed by atoms with Gasteiger partial charge >= 0.3 is 0 Å². The van der Waals surface area contributed by atoms with Crippen LogP contribution in [0.15, 0.2) is 65.1 Å². The zero-order chi connectivity index (χ0) is 23.1. The number of ether oxygens (including phenoxy) is 2. The Morgan fingerprint density at radius 1 is 1.12 bits per heavy atom. The summed E-state index contributed by atoms with van der Waals surface area (Å²) in [5.41, 5.74) is 3.60. The van der Waals surface area contributed by atoms with E-state index in [-0.39, 0.29) is 5.69 Å². The van der Waals surface area contributed by atoms with Crippen LogP contribution in [0.1, 0.15) is 29.2 Å². The molecule has 162 valence electrons. The minimum Gasteiger partial charge on any atom is -0.490 e. The van der Waals surface area contributed by atoms with E-state index in [0.717, 1.165) is 5.56 Å². The molecular formula is C25H21BrN2O4. The highest BCUT2D eigenvalue weighted by Crippen LogP contribution is 2.36. The number of nitrogens with zero attached hydrogens (tertiary/aromatic N) is 2. The van der Waals surface area contributed by atoms with Crippen LogP contribution in [0.4, 0.5) is 5.69 Å². The standard InChI is InChI=1S/C25H21BrN2O4/c1-3-31-24-13-20(11-21(15-27)19-5-4-6-22(12-19)28(29)30)23(26)14-25(24)32-16-18-9-7-17(2)8-10-18/h4-14H,3,16H2,1-2H3/b21-11-. The Hall–Kier alpha value is -3.63. The normalized spacial score (nSPS) is 11.0. The lowest BCUT2D eigenvalue weighted by atomic mass is 10.0. The highest BCUT2D eigenvalue weighted by atomic mass is 79.9. The monoisotopic (exact) mass is 492 g/mol. The second kappa shape index (κ2) is 10.6. The van der Waals surface area contributed by atoms with Gasteiger partial charge in [0.15, 0.2) is 11.5 Å². The summed E-state index contributed by atoms with van der Waals surface area (Å²) in [4.78, 5) is 10.6. The zero-order valence-electron chi connectivity index (χ0n) is 17.7. The summed E-state index contributed by atoms with van der Waals surface area (Å²) >= 11 is 3.54. The van der Waals surface area contributed by atoms with Crippen LogP contribution in [0.3, 0.4) is 0 Å². The maximum Gasteiger partial charge on any atom is 0.270 e. The molecule has 0 spiro atoms. The van der Waals surface area contributed by atoms with E-state index in [1.54, 1.807) is 30.3 Å². The van der Waals surface area contributed by atoms with Gasteiger partial charge in [0.1, 0.15) is 6.61 Å². The van der Waals surface area contributed by atoms with Crippen molar-refractivity contribution in [1.29, 1.82) is 5.26 Å². The predicted octanol–water partition coefficient (Wildman–Crippen LogP) is 6.71. The number of benzene rings is 3. The van der Waals surface area contributed by atoms with Gasteiger partial charge in [0.2, 0.25) is 0 Å². The highest BCUT2D eigenvalue weighted by molar-refractivity contribution is 9.10. The number of nitriles is 1. The second-order valence-electron chi connectivity index (χ2n) is 7.00. The lowest BCUT2D eigenvalue weighted by Gasteiger charge is -2.14. The SMILES string of the molecule is CCOc1cc(/C=C(/C#N)c2cccc([N+](=O)[O-])c2)c(Br)cc1OCc1ccc(C)cc1. The molecule has 6 nitrogen and oxygen atoms in total. The summed E-state index contributed by atoms with van der Waals surface area (Å²) in [6.45, 7) is 4.75. The van der Waals surface area contributed by atoms with Gasteiger partial charge in [-0.1, -0.05) is 57.9 Å². The maximum atomic E-state index is 11.1. The van der Waals surface area contributed by atoms with E-state index in [1.165, 1.54) is 17.7 Å². The Kier molecular flexibility index (Phi) is 7.63. The molecule has 0 atom stereocenters. The van der Waals surface area contributed by atoms with Crippen LogP contribution in [0.5, 0.6) is 11.5 Å². The average Bonchev–Trinajstić information content (AvgIpc) is 2.79. The third kappa shape index (κ3) is 5.74. The molecule has 0 radical (unpaired) electrons. The van der Waals surface area contributed by atoms with E-state index >= 15 is 0 Å². The molecule has 0 aliphatic heterocycles. The predicted molar refractivity (Wildman–Crippen MR) is 127 cm³/mol. The molecule has 0 amide bonds. The minimum atomic E-state index is -0.484. The molecule has 0 aliphatic carbocycles. The van der Waals surface area contributed by atoms with Crippen molar-refractivity contribution in [2.24, 2.45) is 0 Å². The van der Waals surface area contributed by atoms with Gasteiger partial charge < -0.3 is 9.47 Å². The minimum absolute atomic E-state index is 0.0717. The number of rotatable bonds is 8. The quantitative estimate of drug-likeness (QED) is 0.151. The molecule has 0 heterocycles. The van der Waals surface area contributed by atoms with Crippen molar-refractivity contribution < 1.29 is 14.4 Å². The van der Waals surface area contributed by atoms with Gasteiger partial charge in [0.05, 0.1) is 23.2 Å². The molecule has 0 saturated heterocycles.